The van der Waals surface area contributed by atoms with Gasteiger partial charge in [-0.1, -0.05) is 6.07 Å². The molecule has 2 saturated heterocycles. The Labute approximate surface area is 206 Å². The minimum Gasteiger partial charge on any atom is -0.482 e. The zero-order valence-corrected chi connectivity index (χ0v) is 19.7. The number of ether oxygens (including phenoxy) is 3. The number of nitrogens with one attached hydrogen (secondary N) is 1. The van der Waals surface area contributed by atoms with Gasteiger partial charge in [0.2, 0.25) is 11.8 Å². The van der Waals surface area contributed by atoms with Crippen molar-refractivity contribution < 1.29 is 37.4 Å². The minimum atomic E-state index is -0.862. The molecule has 0 saturated carbocycles. The lowest BCUT2D eigenvalue weighted by Gasteiger charge is -2.31. The normalized spacial score (nSPS) is 19.1. The summed E-state index contributed by atoms with van der Waals surface area (Å²) >= 11 is 0. The number of aromatic nitrogens is 1. The first-order valence-corrected chi connectivity index (χ1v) is 11.7. The quantitative estimate of drug-likeness (QED) is 0.552. The van der Waals surface area contributed by atoms with E-state index in [2.05, 4.69) is 15.0 Å². The predicted octanol–water partition coefficient (Wildman–Crippen LogP) is 2.95. The Morgan fingerprint density at radius 2 is 1.92 bits per heavy atom. The van der Waals surface area contributed by atoms with E-state index in [9.17, 15) is 23.2 Å². The Hall–Kier alpha value is -3.60. The SMILES string of the molecule is COC(=O)c1ccc(NC(=O)[C@H](CC2CCOCC2)N2CC(Oc3c(F)cccc3F)CC2=O)nc1. The van der Waals surface area contributed by atoms with Crippen LogP contribution in [0.4, 0.5) is 14.6 Å². The number of carbonyl (C=O) groups is 3. The molecule has 1 aromatic heterocycles. The first-order chi connectivity index (χ1) is 17.4. The van der Waals surface area contributed by atoms with E-state index < -0.39 is 41.4 Å². The smallest absolute Gasteiger partial charge is 0.339 e. The highest BCUT2D eigenvalue weighted by Gasteiger charge is 2.40. The number of halogens is 2. The largest absolute Gasteiger partial charge is 0.482 e. The zero-order chi connectivity index (χ0) is 25.7. The number of likely N-dealkylation sites (tertiary alicyclic amines) is 1. The number of nitrogens with zero attached hydrogens (tertiary/aromatic N) is 2. The summed E-state index contributed by atoms with van der Waals surface area (Å²) in [6, 6.07) is 5.47. The number of rotatable bonds is 8. The van der Waals surface area contributed by atoms with Crippen molar-refractivity contribution in [2.45, 2.75) is 37.8 Å². The molecule has 192 valence electrons. The van der Waals surface area contributed by atoms with Gasteiger partial charge < -0.3 is 24.4 Å². The predicted molar refractivity (Wildman–Crippen MR) is 123 cm³/mol. The Morgan fingerprint density at radius 3 is 2.56 bits per heavy atom. The van der Waals surface area contributed by atoms with Crippen molar-refractivity contribution in [3.05, 3.63) is 53.7 Å². The number of pyridine rings is 1. The molecule has 2 aromatic rings. The van der Waals surface area contributed by atoms with Crippen LogP contribution in [-0.2, 0) is 19.1 Å². The summed E-state index contributed by atoms with van der Waals surface area (Å²) < 4.78 is 43.7. The van der Waals surface area contributed by atoms with Gasteiger partial charge >= 0.3 is 5.97 Å². The van der Waals surface area contributed by atoms with E-state index in [-0.39, 0.29) is 36.2 Å². The molecule has 2 atom stereocenters. The van der Waals surface area contributed by atoms with Gasteiger partial charge in [-0.25, -0.2) is 18.6 Å². The molecule has 2 amide bonds. The van der Waals surface area contributed by atoms with Crippen LogP contribution < -0.4 is 10.1 Å². The highest BCUT2D eigenvalue weighted by Crippen LogP contribution is 2.29. The summed E-state index contributed by atoms with van der Waals surface area (Å²) in [5, 5.41) is 2.71. The molecule has 2 fully saturated rings. The molecule has 1 N–H and O–H groups in total. The topological polar surface area (TPSA) is 107 Å². The Kier molecular flexibility index (Phi) is 8.09. The molecule has 3 heterocycles. The van der Waals surface area contributed by atoms with Gasteiger partial charge in [0.15, 0.2) is 17.4 Å². The van der Waals surface area contributed by atoms with Gasteiger partial charge in [-0.3, -0.25) is 9.59 Å². The number of esters is 1. The van der Waals surface area contributed by atoms with E-state index in [0.717, 1.165) is 25.0 Å². The Morgan fingerprint density at radius 1 is 1.19 bits per heavy atom. The van der Waals surface area contributed by atoms with Crippen molar-refractivity contribution in [3.63, 3.8) is 0 Å². The number of methoxy groups -OCH3 is 1. The minimum absolute atomic E-state index is 0.00260. The third kappa shape index (κ3) is 5.96. The second-order valence-electron chi connectivity index (χ2n) is 8.76. The number of carbonyl (C=O) groups excluding carboxylic acids is 3. The molecule has 2 aliphatic heterocycles. The second-order valence-corrected chi connectivity index (χ2v) is 8.76. The van der Waals surface area contributed by atoms with E-state index in [0.29, 0.717) is 19.6 Å². The van der Waals surface area contributed by atoms with Crippen LogP contribution in [-0.4, -0.2) is 66.7 Å². The highest BCUT2D eigenvalue weighted by molar-refractivity contribution is 5.97. The first-order valence-electron chi connectivity index (χ1n) is 11.7. The molecular formula is C25H27F2N3O6. The summed E-state index contributed by atoms with van der Waals surface area (Å²) in [7, 11) is 1.25. The third-order valence-corrected chi connectivity index (χ3v) is 6.34. The van der Waals surface area contributed by atoms with E-state index in [1.807, 2.05) is 0 Å². The fraction of sp³-hybridized carbons (Fsp3) is 0.440. The molecule has 11 heteroatoms. The molecule has 0 spiro atoms. The number of amides is 2. The average molecular weight is 504 g/mol. The van der Waals surface area contributed by atoms with Crippen LogP contribution in [0, 0.1) is 17.6 Å². The van der Waals surface area contributed by atoms with Crippen molar-refractivity contribution in [2.24, 2.45) is 5.92 Å². The molecule has 0 bridgehead atoms. The van der Waals surface area contributed by atoms with Gasteiger partial charge in [-0.15, -0.1) is 0 Å². The van der Waals surface area contributed by atoms with Gasteiger partial charge in [-0.2, -0.15) is 0 Å². The van der Waals surface area contributed by atoms with Gasteiger partial charge in [0.25, 0.3) is 0 Å². The van der Waals surface area contributed by atoms with Gasteiger partial charge in [-0.05, 0) is 49.4 Å². The summed E-state index contributed by atoms with van der Waals surface area (Å²) in [5.41, 5.74) is 0.226. The lowest BCUT2D eigenvalue weighted by molar-refractivity contribution is -0.136. The maximum atomic E-state index is 14.1. The average Bonchev–Trinajstić information content (AvgIpc) is 3.25. The van der Waals surface area contributed by atoms with Crippen molar-refractivity contribution >= 4 is 23.6 Å². The van der Waals surface area contributed by atoms with E-state index in [1.54, 1.807) is 0 Å². The maximum Gasteiger partial charge on any atom is 0.339 e. The zero-order valence-electron chi connectivity index (χ0n) is 19.7. The molecule has 36 heavy (non-hydrogen) atoms. The van der Waals surface area contributed by atoms with E-state index >= 15 is 0 Å². The van der Waals surface area contributed by atoms with Crippen LogP contribution in [0.15, 0.2) is 36.5 Å². The fourth-order valence-electron chi connectivity index (χ4n) is 4.43. The van der Waals surface area contributed by atoms with E-state index in [1.165, 1.54) is 36.4 Å². The fourth-order valence-corrected chi connectivity index (χ4v) is 4.43. The Bertz CT molecular complexity index is 1090. The summed E-state index contributed by atoms with van der Waals surface area (Å²) in [6.07, 6.45) is 2.24. The van der Waals surface area contributed by atoms with Crippen molar-refractivity contribution in [1.29, 1.82) is 0 Å². The van der Waals surface area contributed by atoms with E-state index in [4.69, 9.17) is 9.47 Å². The molecular weight excluding hydrogens is 476 g/mol. The molecule has 0 radical (unpaired) electrons. The molecule has 9 nitrogen and oxygen atoms in total. The van der Waals surface area contributed by atoms with Crippen LogP contribution in [0.25, 0.3) is 0 Å². The summed E-state index contributed by atoms with van der Waals surface area (Å²) in [4.78, 5) is 43.4. The summed E-state index contributed by atoms with van der Waals surface area (Å²) in [6.45, 7) is 1.15. The van der Waals surface area contributed by atoms with Crippen LogP contribution in [0.5, 0.6) is 5.75 Å². The first kappa shape index (κ1) is 25.5. The number of benzene rings is 1. The number of para-hydroxylation sites is 1. The Balaban J connectivity index is 1.50. The highest BCUT2D eigenvalue weighted by atomic mass is 19.1. The third-order valence-electron chi connectivity index (χ3n) is 6.34. The lowest BCUT2D eigenvalue weighted by atomic mass is 9.91. The van der Waals surface area contributed by atoms with Crippen molar-refractivity contribution in [3.8, 4) is 5.75 Å². The molecule has 1 aromatic carbocycles. The number of anilines is 1. The van der Waals surface area contributed by atoms with Crippen LogP contribution in [0.1, 0.15) is 36.0 Å². The lowest BCUT2D eigenvalue weighted by Crippen LogP contribution is -2.47. The van der Waals surface area contributed by atoms with Gasteiger partial charge in [0, 0.05) is 19.4 Å². The molecule has 1 unspecified atom stereocenters. The number of hydrogen-bond donors (Lipinski definition) is 1. The summed E-state index contributed by atoms with van der Waals surface area (Å²) in [5.74, 6) is -3.27. The standard InChI is InChI=1S/C25H27F2N3O6/c1-34-25(33)16-5-6-21(28-13-16)29-24(32)20(11-15-7-9-35-10-8-15)30-14-17(12-22(30)31)36-23-18(26)3-2-4-19(23)27/h2-6,13,15,17,20H,7-12,14H2,1H3,(H,28,29,32)/t17?,20-/m0/s1. The van der Waals surface area contributed by atoms with Crippen molar-refractivity contribution in [1.82, 2.24) is 9.88 Å². The number of hydrogen-bond acceptors (Lipinski definition) is 7. The molecule has 4 rings (SSSR count). The monoisotopic (exact) mass is 503 g/mol. The van der Waals surface area contributed by atoms with Crippen molar-refractivity contribution in [2.75, 3.05) is 32.2 Å². The second kappa shape index (κ2) is 11.4. The van der Waals surface area contributed by atoms with Gasteiger partial charge in [0.1, 0.15) is 18.0 Å². The van der Waals surface area contributed by atoms with Crippen LogP contribution >= 0.6 is 0 Å². The van der Waals surface area contributed by atoms with Crippen LogP contribution in [0.3, 0.4) is 0 Å². The maximum absolute atomic E-state index is 14.1. The molecule has 0 aliphatic carbocycles. The van der Waals surface area contributed by atoms with Crippen LogP contribution in [0.2, 0.25) is 0 Å². The van der Waals surface area contributed by atoms with Gasteiger partial charge in [0.05, 0.1) is 25.6 Å². The molecule has 2 aliphatic rings.